The van der Waals surface area contributed by atoms with Crippen LogP contribution in [-0.4, -0.2) is 71.1 Å². The molecule has 1 N–H and O–H groups in total. The molecule has 1 fully saturated rings. The molecule has 0 aliphatic carbocycles. The number of anilines is 1. The van der Waals surface area contributed by atoms with E-state index in [1.807, 2.05) is 30.3 Å². The van der Waals surface area contributed by atoms with E-state index in [-0.39, 0.29) is 0 Å². The third-order valence-corrected chi connectivity index (χ3v) is 5.06. The first kappa shape index (κ1) is 17.8. The van der Waals surface area contributed by atoms with Crippen LogP contribution in [0.1, 0.15) is 6.42 Å². The van der Waals surface area contributed by atoms with Gasteiger partial charge in [-0.2, -0.15) is 0 Å². The Kier molecular flexibility index (Phi) is 5.55. The molecule has 1 aromatic carbocycles. The summed E-state index contributed by atoms with van der Waals surface area (Å²) in [7, 11) is 2.19. The van der Waals surface area contributed by atoms with E-state index in [1.165, 1.54) is 13.1 Å². The number of aromatic nitrogens is 3. The van der Waals surface area contributed by atoms with E-state index in [4.69, 9.17) is 9.97 Å². The first-order valence-corrected chi connectivity index (χ1v) is 9.61. The van der Waals surface area contributed by atoms with Crippen molar-refractivity contribution >= 4 is 16.7 Å². The summed E-state index contributed by atoms with van der Waals surface area (Å²) in [6, 6.07) is 12.1. The lowest BCUT2D eigenvalue weighted by Gasteiger charge is -2.32. The maximum Gasteiger partial charge on any atom is 0.163 e. The van der Waals surface area contributed by atoms with Crippen molar-refractivity contribution in [2.75, 3.05) is 51.6 Å². The Bertz CT molecular complexity index is 874. The Labute approximate surface area is 160 Å². The van der Waals surface area contributed by atoms with Gasteiger partial charge in [0.25, 0.3) is 0 Å². The Hall–Kier alpha value is -2.57. The molecule has 2 aromatic heterocycles. The lowest BCUT2D eigenvalue weighted by atomic mass is 10.2. The van der Waals surface area contributed by atoms with Crippen LogP contribution in [0.25, 0.3) is 22.3 Å². The molecule has 0 atom stereocenters. The van der Waals surface area contributed by atoms with Gasteiger partial charge in [-0.1, -0.05) is 12.1 Å². The van der Waals surface area contributed by atoms with Crippen LogP contribution in [0.15, 0.2) is 48.8 Å². The molecule has 0 saturated carbocycles. The number of piperazine rings is 1. The van der Waals surface area contributed by atoms with Crippen LogP contribution in [-0.2, 0) is 0 Å². The number of para-hydroxylation sites is 1. The Morgan fingerprint density at radius 2 is 1.85 bits per heavy atom. The van der Waals surface area contributed by atoms with Gasteiger partial charge in [0.1, 0.15) is 5.82 Å². The van der Waals surface area contributed by atoms with Crippen molar-refractivity contribution in [1.82, 2.24) is 24.8 Å². The minimum absolute atomic E-state index is 0.711. The Morgan fingerprint density at radius 3 is 2.67 bits per heavy atom. The maximum atomic E-state index is 4.78. The van der Waals surface area contributed by atoms with E-state index in [0.29, 0.717) is 5.82 Å². The zero-order valence-corrected chi connectivity index (χ0v) is 15.8. The SMILES string of the molecule is CN1CCN(CCCNc2nc(-c3cccnc3)nc3ccccc23)CC1. The minimum Gasteiger partial charge on any atom is -0.369 e. The molecule has 4 rings (SSSR count). The molecule has 0 radical (unpaired) electrons. The number of fused-ring (bicyclic) bond motifs is 1. The average Bonchev–Trinajstić information content (AvgIpc) is 2.73. The van der Waals surface area contributed by atoms with Crippen molar-refractivity contribution < 1.29 is 0 Å². The predicted octanol–water partition coefficient (Wildman–Crippen LogP) is 2.74. The summed E-state index contributed by atoms with van der Waals surface area (Å²) in [5.74, 6) is 1.61. The van der Waals surface area contributed by atoms with E-state index >= 15 is 0 Å². The number of nitrogens with one attached hydrogen (secondary N) is 1. The van der Waals surface area contributed by atoms with E-state index in [9.17, 15) is 0 Å². The zero-order valence-electron chi connectivity index (χ0n) is 15.8. The summed E-state index contributed by atoms with van der Waals surface area (Å²) in [6.45, 7) is 6.69. The van der Waals surface area contributed by atoms with Gasteiger partial charge in [-0.25, -0.2) is 9.97 Å². The molecule has 3 heterocycles. The highest BCUT2D eigenvalue weighted by Crippen LogP contribution is 2.24. The summed E-state index contributed by atoms with van der Waals surface area (Å²) >= 11 is 0. The summed E-state index contributed by atoms with van der Waals surface area (Å²) in [6.07, 6.45) is 4.67. The van der Waals surface area contributed by atoms with Crippen LogP contribution in [0.3, 0.4) is 0 Å². The highest BCUT2D eigenvalue weighted by atomic mass is 15.2. The summed E-state index contributed by atoms with van der Waals surface area (Å²) in [4.78, 5) is 18.6. The van der Waals surface area contributed by atoms with Crippen molar-refractivity contribution in [2.45, 2.75) is 6.42 Å². The van der Waals surface area contributed by atoms with Crippen LogP contribution >= 0.6 is 0 Å². The normalized spacial score (nSPS) is 15.9. The zero-order chi connectivity index (χ0) is 18.5. The lowest BCUT2D eigenvalue weighted by molar-refractivity contribution is 0.154. The molecule has 6 heteroatoms. The number of hydrogen-bond acceptors (Lipinski definition) is 6. The molecule has 140 valence electrons. The second kappa shape index (κ2) is 8.41. The third-order valence-electron chi connectivity index (χ3n) is 5.06. The van der Waals surface area contributed by atoms with Gasteiger partial charge in [-0.05, 0) is 44.3 Å². The van der Waals surface area contributed by atoms with Gasteiger partial charge in [0, 0.05) is 56.1 Å². The fourth-order valence-corrected chi connectivity index (χ4v) is 3.42. The van der Waals surface area contributed by atoms with Crippen molar-refractivity contribution in [3.63, 3.8) is 0 Å². The molecule has 1 aliphatic heterocycles. The first-order valence-electron chi connectivity index (χ1n) is 9.61. The van der Waals surface area contributed by atoms with Crippen LogP contribution in [0.5, 0.6) is 0 Å². The number of rotatable bonds is 6. The molecule has 3 aromatic rings. The van der Waals surface area contributed by atoms with Gasteiger partial charge in [0.15, 0.2) is 5.82 Å². The van der Waals surface area contributed by atoms with Crippen molar-refractivity contribution in [3.8, 4) is 11.4 Å². The molecule has 27 heavy (non-hydrogen) atoms. The fourth-order valence-electron chi connectivity index (χ4n) is 3.42. The van der Waals surface area contributed by atoms with Gasteiger partial charge in [-0.15, -0.1) is 0 Å². The van der Waals surface area contributed by atoms with Crippen LogP contribution < -0.4 is 5.32 Å². The Balaban J connectivity index is 1.45. The number of benzene rings is 1. The molecule has 1 saturated heterocycles. The predicted molar refractivity (Wildman–Crippen MR) is 110 cm³/mol. The second-order valence-corrected chi connectivity index (χ2v) is 7.08. The second-order valence-electron chi connectivity index (χ2n) is 7.08. The highest BCUT2D eigenvalue weighted by Gasteiger charge is 2.13. The van der Waals surface area contributed by atoms with Gasteiger partial charge in [0.2, 0.25) is 0 Å². The summed E-state index contributed by atoms with van der Waals surface area (Å²) in [5, 5.41) is 4.60. The number of likely N-dealkylation sites (N-methyl/N-ethyl adjacent to an activating group) is 1. The van der Waals surface area contributed by atoms with Crippen LogP contribution in [0.2, 0.25) is 0 Å². The van der Waals surface area contributed by atoms with Gasteiger partial charge >= 0.3 is 0 Å². The topological polar surface area (TPSA) is 57.2 Å². The first-order chi connectivity index (χ1) is 13.3. The fraction of sp³-hybridized carbons (Fsp3) is 0.381. The van der Waals surface area contributed by atoms with Gasteiger partial charge < -0.3 is 15.1 Å². The van der Waals surface area contributed by atoms with E-state index in [2.05, 4.69) is 33.2 Å². The summed E-state index contributed by atoms with van der Waals surface area (Å²) < 4.78 is 0. The highest BCUT2D eigenvalue weighted by molar-refractivity contribution is 5.90. The quantitative estimate of drug-likeness (QED) is 0.681. The van der Waals surface area contributed by atoms with E-state index < -0.39 is 0 Å². The van der Waals surface area contributed by atoms with Crippen LogP contribution in [0.4, 0.5) is 5.82 Å². The number of pyridine rings is 1. The van der Waals surface area contributed by atoms with Gasteiger partial charge in [-0.3, -0.25) is 4.98 Å². The largest absolute Gasteiger partial charge is 0.369 e. The minimum atomic E-state index is 0.711. The van der Waals surface area contributed by atoms with Crippen LogP contribution in [0, 0.1) is 0 Å². The van der Waals surface area contributed by atoms with E-state index in [1.54, 1.807) is 12.4 Å². The third kappa shape index (κ3) is 4.40. The van der Waals surface area contributed by atoms with Crippen molar-refractivity contribution in [3.05, 3.63) is 48.8 Å². The maximum absolute atomic E-state index is 4.78. The van der Waals surface area contributed by atoms with E-state index in [0.717, 1.165) is 54.9 Å². The smallest absolute Gasteiger partial charge is 0.163 e. The van der Waals surface area contributed by atoms with Crippen molar-refractivity contribution in [1.29, 1.82) is 0 Å². The Morgan fingerprint density at radius 1 is 1.00 bits per heavy atom. The van der Waals surface area contributed by atoms with Gasteiger partial charge in [0.05, 0.1) is 5.52 Å². The average molecular weight is 362 g/mol. The number of nitrogens with zero attached hydrogens (tertiary/aromatic N) is 5. The molecule has 0 spiro atoms. The number of hydrogen-bond donors (Lipinski definition) is 1. The molecule has 6 nitrogen and oxygen atoms in total. The molecule has 1 aliphatic rings. The lowest BCUT2D eigenvalue weighted by Crippen LogP contribution is -2.44. The summed E-state index contributed by atoms with van der Waals surface area (Å²) in [5.41, 5.74) is 1.89. The molecule has 0 amide bonds. The van der Waals surface area contributed by atoms with Crippen molar-refractivity contribution in [2.24, 2.45) is 0 Å². The molecular formula is C21H26N6. The molecular weight excluding hydrogens is 336 g/mol. The monoisotopic (exact) mass is 362 g/mol. The molecule has 0 unspecified atom stereocenters. The molecule has 0 bridgehead atoms. The standard InChI is InChI=1S/C21H26N6/c1-26-12-14-27(15-13-26)11-5-10-23-21-18-7-2-3-8-19(18)24-20(25-21)17-6-4-9-22-16-17/h2-4,6-9,16H,5,10-15H2,1H3,(H,23,24,25).